The van der Waals surface area contributed by atoms with Crippen LogP contribution in [0.25, 0.3) is 6.08 Å². The number of carbonyl (C=O) groups is 1. The first-order valence-corrected chi connectivity index (χ1v) is 14.8. The third kappa shape index (κ3) is 6.80. The van der Waals surface area contributed by atoms with Crippen LogP contribution in [-0.4, -0.2) is 44.1 Å². The van der Waals surface area contributed by atoms with Crippen LogP contribution in [0.3, 0.4) is 0 Å². The molecule has 0 N–H and O–H groups in total. The quantitative estimate of drug-likeness (QED) is 0.228. The summed E-state index contributed by atoms with van der Waals surface area (Å²) >= 11 is 1.29. The molecule has 0 saturated carbocycles. The molecule has 0 saturated heterocycles. The molecule has 0 fully saturated rings. The number of allylic oxidation sites excluding steroid dienone is 1. The molecule has 3 aromatic rings. The fourth-order valence-corrected chi connectivity index (χ4v) is 5.67. The van der Waals surface area contributed by atoms with Gasteiger partial charge in [0.25, 0.3) is 5.56 Å². The normalized spacial score (nSPS) is 15.1. The molecule has 0 bridgehead atoms. The van der Waals surface area contributed by atoms with Crippen molar-refractivity contribution in [1.82, 2.24) is 4.57 Å². The van der Waals surface area contributed by atoms with E-state index in [2.05, 4.69) is 18.8 Å². The van der Waals surface area contributed by atoms with E-state index >= 15 is 0 Å². The number of benzene rings is 2. The maximum absolute atomic E-state index is 14.0. The zero-order valence-corrected chi connectivity index (χ0v) is 25.4. The molecule has 0 aliphatic carbocycles. The van der Waals surface area contributed by atoms with Crippen LogP contribution >= 0.6 is 11.3 Å². The monoisotopic (exact) mass is 578 g/mol. The summed E-state index contributed by atoms with van der Waals surface area (Å²) in [7, 11) is 1.55. The van der Waals surface area contributed by atoms with E-state index in [9.17, 15) is 9.59 Å². The van der Waals surface area contributed by atoms with Crippen molar-refractivity contribution in [3.8, 4) is 11.5 Å². The first kappa shape index (κ1) is 30.3. The van der Waals surface area contributed by atoms with Crippen LogP contribution in [0.1, 0.15) is 69.7 Å². The van der Waals surface area contributed by atoms with Gasteiger partial charge in [-0.1, -0.05) is 62.4 Å². The van der Waals surface area contributed by atoms with Gasteiger partial charge in [-0.25, -0.2) is 9.79 Å². The number of carbonyl (C=O) groups excluding carboxylic acids is 1. The molecule has 9 heteroatoms. The third-order valence-electron chi connectivity index (χ3n) is 6.71. The summed E-state index contributed by atoms with van der Waals surface area (Å²) in [4.78, 5) is 32.5. The van der Waals surface area contributed by atoms with Gasteiger partial charge in [-0.2, -0.15) is 0 Å². The van der Waals surface area contributed by atoms with Gasteiger partial charge in [0.2, 0.25) is 0 Å². The lowest BCUT2D eigenvalue weighted by Gasteiger charge is -2.25. The SMILES string of the molecule is CCCOc1ccc(C=c2sc3n(c2=O)C(c2ccc(C(C)C)cc2)C(C(=O)OCCOC)=C(C)N=3)cc1OCC. The maximum Gasteiger partial charge on any atom is 0.338 e. The van der Waals surface area contributed by atoms with Crippen LogP contribution in [0.15, 0.2) is 63.5 Å². The minimum absolute atomic E-state index is 0.107. The first-order valence-electron chi connectivity index (χ1n) is 14.0. The largest absolute Gasteiger partial charge is 0.490 e. The van der Waals surface area contributed by atoms with E-state index in [1.807, 2.05) is 62.4 Å². The van der Waals surface area contributed by atoms with Crippen molar-refractivity contribution in [2.24, 2.45) is 4.99 Å². The maximum atomic E-state index is 14.0. The van der Waals surface area contributed by atoms with E-state index in [1.165, 1.54) is 16.9 Å². The van der Waals surface area contributed by atoms with Gasteiger partial charge in [-0.05, 0) is 61.1 Å². The van der Waals surface area contributed by atoms with Gasteiger partial charge in [0.15, 0.2) is 16.3 Å². The van der Waals surface area contributed by atoms with Crippen molar-refractivity contribution >= 4 is 23.4 Å². The van der Waals surface area contributed by atoms with E-state index < -0.39 is 12.0 Å². The van der Waals surface area contributed by atoms with Gasteiger partial charge in [-0.15, -0.1) is 0 Å². The summed E-state index contributed by atoms with van der Waals surface area (Å²) in [5.74, 6) is 1.13. The summed E-state index contributed by atoms with van der Waals surface area (Å²) in [5, 5.41) is 0. The molecule has 0 radical (unpaired) electrons. The zero-order chi connectivity index (χ0) is 29.5. The number of fused-ring (bicyclic) bond motifs is 1. The van der Waals surface area contributed by atoms with Gasteiger partial charge in [0.05, 0.1) is 41.7 Å². The molecule has 1 aromatic heterocycles. The average molecular weight is 579 g/mol. The summed E-state index contributed by atoms with van der Waals surface area (Å²) in [6, 6.07) is 13.0. The van der Waals surface area contributed by atoms with Crippen LogP contribution in [0.2, 0.25) is 0 Å². The molecule has 4 rings (SSSR count). The Kier molecular flexibility index (Phi) is 10.2. The van der Waals surface area contributed by atoms with Crippen molar-refractivity contribution in [3.05, 3.63) is 90.1 Å². The molecule has 1 unspecified atom stereocenters. The predicted octanol–water partition coefficient (Wildman–Crippen LogP) is 4.74. The summed E-state index contributed by atoms with van der Waals surface area (Å²) < 4.78 is 24.3. The standard InChI is InChI=1S/C32H38N2O6S/c1-7-15-39-25-14-9-22(18-26(25)38-8-2)19-27-30(35)34-29(24-12-10-23(11-13-24)20(3)4)28(21(5)33-32(34)41-27)31(36)40-17-16-37-6/h9-14,18-20,29H,7-8,15-17H2,1-6H3. The predicted molar refractivity (Wildman–Crippen MR) is 161 cm³/mol. The van der Waals surface area contributed by atoms with Gasteiger partial charge in [0.1, 0.15) is 6.61 Å². The van der Waals surface area contributed by atoms with Gasteiger partial charge in [-0.3, -0.25) is 9.36 Å². The van der Waals surface area contributed by atoms with E-state index in [-0.39, 0.29) is 18.8 Å². The van der Waals surface area contributed by atoms with E-state index in [1.54, 1.807) is 18.6 Å². The molecule has 1 aliphatic rings. The highest BCUT2D eigenvalue weighted by Gasteiger charge is 2.33. The smallest absolute Gasteiger partial charge is 0.338 e. The number of nitrogens with zero attached hydrogens (tertiary/aromatic N) is 2. The third-order valence-corrected chi connectivity index (χ3v) is 7.69. The molecule has 41 heavy (non-hydrogen) atoms. The molecule has 8 nitrogen and oxygen atoms in total. The Labute approximate surface area is 244 Å². The lowest BCUT2D eigenvalue weighted by atomic mass is 9.93. The number of aromatic nitrogens is 1. The Morgan fingerprint density at radius 3 is 2.46 bits per heavy atom. The van der Waals surface area contributed by atoms with Crippen LogP contribution in [-0.2, 0) is 14.3 Å². The van der Waals surface area contributed by atoms with Gasteiger partial charge < -0.3 is 18.9 Å². The molecular weight excluding hydrogens is 540 g/mol. The second-order valence-electron chi connectivity index (χ2n) is 10.0. The lowest BCUT2D eigenvalue weighted by molar-refractivity contribution is -0.140. The zero-order valence-electron chi connectivity index (χ0n) is 24.6. The number of methoxy groups -OCH3 is 1. The minimum Gasteiger partial charge on any atom is -0.490 e. The van der Waals surface area contributed by atoms with E-state index in [0.717, 1.165) is 17.5 Å². The van der Waals surface area contributed by atoms with Gasteiger partial charge >= 0.3 is 5.97 Å². The fourth-order valence-electron chi connectivity index (χ4n) is 4.62. The molecule has 1 atom stereocenters. The highest BCUT2D eigenvalue weighted by atomic mass is 32.1. The Morgan fingerprint density at radius 2 is 1.80 bits per heavy atom. The molecule has 0 amide bonds. The Morgan fingerprint density at radius 1 is 1.05 bits per heavy atom. The first-order chi connectivity index (χ1) is 19.8. The molecule has 218 valence electrons. The van der Waals surface area contributed by atoms with Crippen LogP contribution in [0.4, 0.5) is 0 Å². The van der Waals surface area contributed by atoms with Crippen molar-refractivity contribution in [3.63, 3.8) is 0 Å². The topological polar surface area (TPSA) is 88.4 Å². The molecular formula is C32H38N2O6S. The second kappa shape index (κ2) is 13.8. The fraction of sp³-hybridized carbons (Fsp3) is 0.406. The number of hydrogen-bond donors (Lipinski definition) is 0. The van der Waals surface area contributed by atoms with Crippen molar-refractivity contribution in [2.75, 3.05) is 33.5 Å². The van der Waals surface area contributed by atoms with Crippen LogP contribution in [0.5, 0.6) is 11.5 Å². The van der Waals surface area contributed by atoms with Crippen molar-refractivity contribution < 1.29 is 23.7 Å². The Bertz CT molecular complexity index is 1580. The highest BCUT2D eigenvalue weighted by molar-refractivity contribution is 7.07. The number of esters is 1. The van der Waals surface area contributed by atoms with Crippen LogP contribution in [0, 0.1) is 0 Å². The average Bonchev–Trinajstić information content (AvgIpc) is 3.26. The summed E-state index contributed by atoms with van der Waals surface area (Å²) in [6.07, 6.45) is 2.71. The van der Waals surface area contributed by atoms with E-state index in [0.29, 0.717) is 51.2 Å². The molecule has 0 spiro atoms. The number of thiazole rings is 1. The number of ether oxygens (including phenoxy) is 4. The summed E-state index contributed by atoms with van der Waals surface area (Å²) in [6.45, 7) is 11.5. The number of hydrogen-bond acceptors (Lipinski definition) is 8. The molecule has 1 aliphatic heterocycles. The lowest BCUT2D eigenvalue weighted by Crippen LogP contribution is -2.40. The Hall–Kier alpha value is -3.69. The van der Waals surface area contributed by atoms with E-state index in [4.69, 9.17) is 18.9 Å². The minimum atomic E-state index is -0.673. The van der Waals surface area contributed by atoms with Crippen molar-refractivity contribution in [1.29, 1.82) is 0 Å². The van der Waals surface area contributed by atoms with Crippen molar-refractivity contribution in [2.45, 2.75) is 53.0 Å². The molecule has 2 heterocycles. The summed E-state index contributed by atoms with van der Waals surface area (Å²) in [5.41, 5.74) is 3.41. The number of rotatable bonds is 12. The van der Waals surface area contributed by atoms with Crippen LogP contribution < -0.4 is 24.4 Å². The second-order valence-corrected chi connectivity index (χ2v) is 11.0. The highest BCUT2D eigenvalue weighted by Crippen LogP contribution is 2.32. The van der Waals surface area contributed by atoms with Gasteiger partial charge in [0, 0.05) is 7.11 Å². The Balaban J connectivity index is 1.83. The molecule has 2 aromatic carbocycles.